The minimum Gasteiger partial charge on any atom is -0.376 e. The van der Waals surface area contributed by atoms with Crippen LogP contribution < -0.4 is 0 Å². The van der Waals surface area contributed by atoms with Crippen molar-refractivity contribution in [3.05, 3.63) is 57.5 Å². The van der Waals surface area contributed by atoms with Crippen molar-refractivity contribution < 1.29 is 18.7 Å². The largest absolute Gasteiger partial charge is 0.376 e. The quantitative estimate of drug-likeness (QED) is 0.574. The predicted molar refractivity (Wildman–Crippen MR) is 120 cm³/mol. The van der Waals surface area contributed by atoms with E-state index in [9.17, 15) is 14.0 Å². The van der Waals surface area contributed by atoms with E-state index < -0.39 is 0 Å². The van der Waals surface area contributed by atoms with Gasteiger partial charge in [0.05, 0.1) is 19.2 Å². The Bertz CT molecular complexity index is 875. The summed E-state index contributed by atoms with van der Waals surface area (Å²) in [6.07, 6.45) is 1.88. The van der Waals surface area contributed by atoms with E-state index in [1.165, 1.54) is 17.0 Å². The molecule has 0 bridgehead atoms. The molecule has 5 nitrogen and oxygen atoms in total. The Morgan fingerprint density at radius 2 is 1.87 bits per heavy atom. The van der Waals surface area contributed by atoms with Gasteiger partial charge in [-0.1, -0.05) is 26.0 Å². The van der Waals surface area contributed by atoms with Gasteiger partial charge in [0, 0.05) is 35.4 Å². The van der Waals surface area contributed by atoms with Crippen LogP contribution in [0.3, 0.4) is 0 Å². The number of hydrogen-bond acceptors (Lipinski definition) is 4. The number of nitrogens with zero attached hydrogens (tertiary/aromatic N) is 2. The highest BCUT2D eigenvalue weighted by Crippen LogP contribution is 2.20. The van der Waals surface area contributed by atoms with Crippen LogP contribution in [0.5, 0.6) is 0 Å². The highest BCUT2D eigenvalue weighted by molar-refractivity contribution is 7.11. The van der Waals surface area contributed by atoms with E-state index in [0.717, 1.165) is 23.3 Å². The summed E-state index contributed by atoms with van der Waals surface area (Å²) < 4.78 is 19.0. The van der Waals surface area contributed by atoms with E-state index >= 15 is 0 Å². The Hall–Kier alpha value is -2.25. The van der Waals surface area contributed by atoms with Crippen molar-refractivity contribution in [2.75, 3.05) is 19.7 Å². The zero-order valence-corrected chi connectivity index (χ0v) is 19.3. The third kappa shape index (κ3) is 6.87. The molecular weight excluding hydrogens is 415 g/mol. The smallest absolute Gasteiger partial charge is 0.242 e. The minimum atomic E-state index is -0.305. The van der Waals surface area contributed by atoms with Gasteiger partial charge in [0.25, 0.3) is 0 Å². The Balaban J connectivity index is 1.76. The standard InChI is InChI=1S/C24H31FN2O3S/c1-17(2)24(29)27(14-21-5-4-12-30-21)16-23(28)26(15-22-11-6-18(3)31-22)13-19-7-9-20(25)10-8-19/h6-11,17,21H,4-5,12-16H2,1-3H3/t21-/m1/s1. The minimum absolute atomic E-state index is 0.0130. The molecule has 7 heteroatoms. The van der Waals surface area contributed by atoms with E-state index in [2.05, 4.69) is 0 Å². The second kappa shape index (κ2) is 10.9. The fourth-order valence-electron chi connectivity index (χ4n) is 3.70. The SMILES string of the molecule is Cc1ccc(CN(Cc2ccc(F)cc2)C(=O)CN(C[C@H]2CCCO2)C(=O)C(C)C)s1. The van der Waals surface area contributed by atoms with Crippen molar-refractivity contribution in [1.82, 2.24) is 9.80 Å². The van der Waals surface area contributed by atoms with Gasteiger partial charge in [-0.25, -0.2) is 4.39 Å². The average Bonchev–Trinajstić information content (AvgIpc) is 3.39. The fraction of sp³-hybridized carbons (Fsp3) is 0.500. The van der Waals surface area contributed by atoms with Gasteiger partial charge in [0.15, 0.2) is 0 Å². The van der Waals surface area contributed by atoms with E-state index in [1.807, 2.05) is 32.9 Å². The van der Waals surface area contributed by atoms with Gasteiger partial charge in [-0.05, 0) is 49.6 Å². The van der Waals surface area contributed by atoms with E-state index in [-0.39, 0.29) is 36.2 Å². The molecule has 1 aliphatic heterocycles. The summed E-state index contributed by atoms with van der Waals surface area (Å²) in [5.74, 6) is -0.666. The van der Waals surface area contributed by atoms with Crippen LogP contribution in [0.2, 0.25) is 0 Å². The third-order valence-electron chi connectivity index (χ3n) is 5.36. The van der Waals surface area contributed by atoms with Crippen molar-refractivity contribution >= 4 is 23.2 Å². The number of aryl methyl sites for hydroxylation is 1. The van der Waals surface area contributed by atoms with Gasteiger partial charge in [-0.2, -0.15) is 0 Å². The van der Waals surface area contributed by atoms with Crippen molar-refractivity contribution in [2.24, 2.45) is 5.92 Å². The molecule has 1 aromatic heterocycles. The van der Waals surface area contributed by atoms with Crippen LogP contribution in [0.1, 0.15) is 42.0 Å². The number of thiophene rings is 1. The number of carbonyl (C=O) groups excluding carboxylic acids is 2. The molecule has 1 atom stereocenters. The zero-order chi connectivity index (χ0) is 22.4. The second-order valence-electron chi connectivity index (χ2n) is 8.40. The number of benzene rings is 1. The van der Waals surface area contributed by atoms with Crippen molar-refractivity contribution in [1.29, 1.82) is 0 Å². The number of rotatable bonds is 9. The van der Waals surface area contributed by atoms with Crippen LogP contribution in [0.4, 0.5) is 4.39 Å². The van der Waals surface area contributed by atoms with Crippen LogP contribution >= 0.6 is 11.3 Å². The first-order valence-electron chi connectivity index (χ1n) is 10.8. The summed E-state index contributed by atoms with van der Waals surface area (Å²) >= 11 is 1.65. The van der Waals surface area contributed by atoms with Crippen LogP contribution in [0.25, 0.3) is 0 Å². The summed E-state index contributed by atoms with van der Waals surface area (Å²) in [4.78, 5) is 31.8. The molecule has 0 spiro atoms. The second-order valence-corrected chi connectivity index (χ2v) is 9.77. The maximum atomic E-state index is 13.4. The highest BCUT2D eigenvalue weighted by atomic mass is 32.1. The molecule has 0 saturated carbocycles. The third-order valence-corrected chi connectivity index (χ3v) is 6.35. The van der Waals surface area contributed by atoms with Crippen LogP contribution in [-0.4, -0.2) is 47.4 Å². The molecule has 1 aromatic carbocycles. The lowest BCUT2D eigenvalue weighted by molar-refractivity contribution is -0.144. The van der Waals surface area contributed by atoms with E-state index in [1.54, 1.807) is 33.3 Å². The van der Waals surface area contributed by atoms with Gasteiger partial charge in [-0.3, -0.25) is 9.59 Å². The number of ether oxygens (including phenoxy) is 1. The maximum Gasteiger partial charge on any atom is 0.242 e. The van der Waals surface area contributed by atoms with Gasteiger partial charge < -0.3 is 14.5 Å². The van der Waals surface area contributed by atoms with Crippen molar-refractivity contribution in [3.63, 3.8) is 0 Å². The van der Waals surface area contributed by atoms with E-state index in [0.29, 0.717) is 26.2 Å². The van der Waals surface area contributed by atoms with Gasteiger partial charge >= 0.3 is 0 Å². The Morgan fingerprint density at radius 1 is 1.13 bits per heavy atom. The number of carbonyl (C=O) groups is 2. The lowest BCUT2D eigenvalue weighted by atomic mass is 10.1. The van der Waals surface area contributed by atoms with Crippen LogP contribution in [0, 0.1) is 18.7 Å². The predicted octanol–water partition coefficient (Wildman–Crippen LogP) is 4.39. The molecule has 1 fully saturated rings. The molecule has 0 aliphatic carbocycles. The molecule has 2 aromatic rings. The first-order chi connectivity index (χ1) is 14.8. The molecule has 3 rings (SSSR count). The fourth-order valence-corrected chi connectivity index (χ4v) is 4.60. The van der Waals surface area contributed by atoms with Crippen molar-refractivity contribution in [2.45, 2.75) is 52.8 Å². The molecule has 31 heavy (non-hydrogen) atoms. The lowest BCUT2D eigenvalue weighted by Gasteiger charge is -2.30. The molecule has 2 heterocycles. The molecule has 168 valence electrons. The zero-order valence-electron chi connectivity index (χ0n) is 18.5. The Labute approximate surface area is 187 Å². The first-order valence-corrected chi connectivity index (χ1v) is 11.6. The van der Waals surface area contributed by atoms with Gasteiger partial charge in [0.1, 0.15) is 5.82 Å². The lowest BCUT2D eigenvalue weighted by Crippen LogP contribution is -2.46. The molecule has 1 saturated heterocycles. The van der Waals surface area contributed by atoms with Gasteiger partial charge in [-0.15, -0.1) is 11.3 Å². The molecular formula is C24H31FN2O3S. The van der Waals surface area contributed by atoms with Crippen molar-refractivity contribution in [3.8, 4) is 0 Å². The number of hydrogen-bond donors (Lipinski definition) is 0. The molecule has 0 radical (unpaired) electrons. The normalized spacial score (nSPS) is 16.0. The number of amides is 2. The molecule has 2 amide bonds. The van der Waals surface area contributed by atoms with Crippen LogP contribution in [-0.2, 0) is 27.4 Å². The van der Waals surface area contributed by atoms with Crippen LogP contribution in [0.15, 0.2) is 36.4 Å². The Morgan fingerprint density at radius 3 is 2.45 bits per heavy atom. The maximum absolute atomic E-state index is 13.4. The monoisotopic (exact) mass is 446 g/mol. The topological polar surface area (TPSA) is 49.9 Å². The highest BCUT2D eigenvalue weighted by Gasteiger charge is 2.27. The summed E-state index contributed by atoms with van der Waals surface area (Å²) in [5.41, 5.74) is 0.851. The average molecular weight is 447 g/mol. The van der Waals surface area contributed by atoms with E-state index in [4.69, 9.17) is 4.74 Å². The summed E-state index contributed by atoms with van der Waals surface area (Å²) in [6.45, 7) is 7.70. The number of halogens is 1. The summed E-state index contributed by atoms with van der Waals surface area (Å²) in [6, 6.07) is 10.2. The van der Waals surface area contributed by atoms with Gasteiger partial charge in [0.2, 0.25) is 11.8 Å². The Kier molecular flexibility index (Phi) is 8.21. The summed E-state index contributed by atoms with van der Waals surface area (Å²) in [5, 5.41) is 0. The molecule has 1 aliphatic rings. The molecule has 0 unspecified atom stereocenters. The first kappa shape index (κ1) is 23.4. The molecule has 0 N–H and O–H groups in total. The summed E-state index contributed by atoms with van der Waals surface area (Å²) in [7, 11) is 0.